The van der Waals surface area contributed by atoms with Gasteiger partial charge in [-0.1, -0.05) is 98.9 Å². The molecule has 3 aliphatic rings. The number of carbonyl (C=O) groups excluding carboxylic acids is 2. The molecule has 0 spiro atoms. The number of carbonyl (C=O) groups is 2. The minimum Gasteiger partial charge on any atom is -0.462 e. The topological polar surface area (TPSA) is 349 Å². The van der Waals surface area contributed by atoms with Gasteiger partial charge in [-0.25, -0.2) is 4.79 Å². The summed E-state index contributed by atoms with van der Waals surface area (Å²) in [6, 6.07) is -2.96. The second-order valence-corrected chi connectivity index (χ2v) is 18.8. The van der Waals surface area contributed by atoms with E-state index >= 15 is 0 Å². The van der Waals surface area contributed by atoms with Gasteiger partial charge in [0.05, 0.1) is 85.6 Å². The van der Waals surface area contributed by atoms with Crippen LogP contribution in [0.3, 0.4) is 0 Å². The Morgan fingerprint density at radius 1 is 0.714 bits per heavy atom. The van der Waals surface area contributed by atoms with Crippen molar-refractivity contribution in [2.75, 3.05) is 13.1 Å². The predicted molar refractivity (Wildman–Crippen MR) is 260 cm³/mol. The van der Waals surface area contributed by atoms with Gasteiger partial charge in [0.1, 0.15) is 12.2 Å². The molecule has 0 radical (unpaired) electrons. The van der Waals surface area contributed by atoms with E-state index in [-0.39, 0.29) is 38.1 Å². The second-order valence-electron chi connectivity index (χ2n) is 18.8. The molecule has 3 rings (SSSR count). The van der Waals surface area contributed by atoms with Gasteiger partial charge in [0.15, 0.2) is 12.1 Å². The number of cyclic esters (lactones) is 1. The highest BCUT2D eigenvalue weighted by Gasteiger charge is 2.49. The van der Waals surface area contributed by atoms with Crippen molar-refractivity contribution in [3.05, 3.63) is 85.1 Å². The lowest BCUT2D eigenvalue weighted by molar-refractivity contribution is -0.303. The second kappa shape index (κ2) is 31.0. The van der Waals surface area contributed by atoms with Gasteiger partial charge in [0.2, 0.25) is 0 Å². The van der Waals surface area contributed by atoms with Crippen molar-refractivity contribution in [1.29, 1.82) is 0 Å². The van der Waals surface area contributed by atoms with Gasteiger partial charge in [-0.3, -0.25) is 4.79 Å². The number of urea groups is 1. The molecule has 0 aliphatic carbocycles. The maximum atomic E-state index is 13.0. The number of hydrogen-bond acceptors (Lipinski definition) is 18. The molecule has 16 N–H and O–H groups in total. The fourth-order valence-electron chi connectivity index (χ4n) is 8.34. The summed E-state index contributed by atoms with van der Waals surface area (Å²) in [7, 11) is 0. The molecule has 0 aromatic carbocycles. The average Bonchev–Trinajstić information content (AvgIpc) is 3.29. The number of nitrogens with one attached hydrogen (secondary N) is 2. The van der Waals surface area contributed by atoms with E-state index < -0.39 is 147 Å². The average molecular weight is 995 g/mol. The molecule has 10 unspecified atom stereocenters. The Labute approximate surface area is 411 Å². The highest BCUT2D eigenvalue weighted by Crippen LogP contribution is 2.35. The number of rotatable bonds is 6. The molecule has 0 saturated carbocycles. The molecule has 0 aromatic heterocycles. The summed E-state index contributed by atoms with van der Waals surface area (Å²) < 4.78 is 23.7. The van der Waals surface area contributed by atoms with Crippen LogP contribution in [-0.2, 0) is 23.7 Å². The Kier molecular flexibility index (Phi) is 26.9. The van der Waals surface area contributed by atoms with Gasteiger partial charge in [-0.15, -0.1) is 0 Å². The van der Waals surface area contributed by atoms with Crippen molar-refractivity contribution in [3.8, 4) is 0 Å². The van der Waals surface area contributed by atoms with Crippen LogP contribution < -0.4 is 22.1 Å². The fourth-order valence-corrected chi connectivity index (χ4v) is 8.34. The predicted octanol–water partition coefficient (Wildman–Crippen LogP) is 0.0275. The lowest BCUT2D eigenvalue weighted by Gasteiger charge is -2.46. The van der Waals surface area contributed by atoms with Crippen molar-refractivity contribution in [3.63, 3.8) is 0 Å². The molecule has 2 bridgehead atoms. The molecule has 0 aromatic rings. The summed E-state index contributed by atoms with van der Waals surface area (Å²) in [6.45, 7) is 7.33. The molecule has 3 heterocycles. The van der Waals surface area contributed by atoms with Crippen LogP contribution in [-0.4, -0.2) is 180 Å². The van der Waals surface area contributed by atoms with Crippen LogP contribution in [0.4, 0.5) is 4.79 Å². The van der Waals surface area contributed by atoms with Gasteiger partial charge >= 0.3 is 12.0 Å². The van der Waals surface area contributed by atoms with E-state index in [1.807, 2.05) is 43.4 Å². The Hall–Kier alpha value is -3.68. The largest absolute Gasteiger partial charge is 0.462 e. The van der Waals surface area contributed by atoms with Crippen LogP contribution in [0.5, 0.6) is 0 Å². The fraction of sp³-hybridized carbons (Fsp3) is 0.680. The van der Waals surface area contributed by atoms with Crippen LogP contribution >= 0.6 is 0 Å². The van der Waals surface area contributed by atoms with Gasteiger partial charge < -0.3 is 92.1 Å². The van der Waals surface area contributed by atoms with Crippen LogP contribution in [0, 0.1) is 11.8 Å². The molecule has 20 nitrogen and oxygen atoms in total. The number of aliphatic hydroxyl groups is 10. The van der Waals surface area contributed by atoms with Gasteiger partial charge in [0, 0.05) is 44.1 Å². The molecule has 3 aliphatic heterocycles. The third-order valence-electron chi connectivity index (χ3n) is 12.7. The number of nitrogens with two attached hydrogens (primary N) is 2. The minimum absolute atomic E-state index is 0.0956. The van der Waals surface area contributed by atoms with E-state index in [9.17, 15) is 60.7 Å². The zero-order chi connectivity index (χ0) is 52.0. The van der Waals surface area contributed by atoms with E-state index in [1.165, 1.54) is 0 Å². The number of fused-ring (bicyclic) bond motifs is 2. The molecule has 398 valence electrons. The number of aliphatic hydroxyl groups excluding tert-OH is 9. The quantitative estimate of drug-likeness (QED) is 0.123. The third kappa shape index (κ3) is 21.2. The van der Waals surface area contributed by atoms with Crippen LogP contribution in [0.2, 0.25) is 0 Å². The smallest absolute Gasteiger partial charge is 0.315 e. The first-order valence-corrected chi connectivity index (χ1v) is 24.4. The third-order valence-corrected chi connectivity index (χ3v) is 12.7. The van der Waals surface area contributed by atoms with Crippen molar-refractivity contribution in [2.24, 2.45) is 23.3 Å². The van der Waals surface area contributed by atoms with Gasteiger partial charge in [-0.2, -0.15) is 0 Å². The molecule has 19 atom stereocenters. The maximum Gasteiger partial charge on any atom is 0.315 e. The zero-order valence-corrected chi connectivity index (χ0v) is 40.8. The summed E-state index contributed by atoms with van der Waals surface area (Å²) in [5, 5.41) is 115. The number of amides is 2. The van der Waals surface area contributed by atoms with Crippen molar-refractivity contribution >= 4 is 12.0 Å². The molecular formula is C50H82N4O16. The summed E-state index contributed by atoms with van der Waals surface area (Å²) >= 11 is 0. The Bertz CT molecular complexity index is 1760. The molecule has 20 heteroatoms. The van der Waals surface area contributed by atoms with E-state index in [4.69, 9.17) is 30.4 Å². The van der Waals surface area contributed by atoms with Crippen molar-refractivity contribution < 1.29 is 79.6 Å². The molecule has 2 fully saturated rings. The Morgan fingerprint density at radius 3 is 1.93 bits per heavy atom. The van der Waals surface area contributed by atoms with Crippen LogP contribution in [0.25, 0.3) is 0 Å². The first kappa shape index (κ1) is 60.6. The SMILES string of the molecule is C[C@@H]1OC(=O)CC(O)CC(O)CCC(O)C(O)CC(O)CC2(O)C[C@H](O)C(NC(=O)NCCCN)[C@H](CC(OC3O[C@H](C)[C@@H](O)[C@H](N)[C@@H]3O)/C=C/C=C/C=C/C=C/C=C/C=C/C=C/[C@H](C)C(O)[C@H]1C)O2. The first-order chi connectivity index (χ1) is 33.1. The lowest BCUT2D eigenvalue weighted by atomic mass is 9.87. The van der Waals surface area contributed by atoms with E-state index in [0.29, 0.717) is 13.0 Å². The zero-order valence-electron chi connectivity index (χ0n) is 40.8. The van der Waals surface area contributed by atoms with E-state index in [1.54, 1.807) is 69.4 Å². The molecular weight excluding hydrogens is 913 g/mol. The van der Waals surface area contributed by atoms with Crippen LogP contribution in [0.1, 0.15) is 85.5 Å². The van der Waals surface area contributed by atoms with Crippen molar-refractivity contribution in [2.45, 2.75) is 189 Å². The Balaban J connectivity index is 1.92. The van der Waals surface area contributed by atoms with E-state index in [0.717, 1.165) is 0 Å². The number of ether oxygens (including phenoxy) is 4. The minimum atomic E-state index is -2.25. The van der Waals surface area contributed by atoms with Crippen LogP contribution in [0.15, 0.2) is 85.1 Å². The maximum absolute atomic E-state index is 13.0. The van der Waals surface area contributed by atoms with Crippen molar-refractivity contribution in [1.82, 2.24) is 10.6 Å². The molecule has 2 saturated heterocycles. The standard InChI is InChI=1S/C50H82N4O16/c1-30-18-15-13-11-9-7-5-6-8-10-12-14-16-19-37(69-48-47(64)43(52)46(63)33(4)68-48)27-41-44(54-49(65)53-23-17-22-51)40(60)29-50(66,70-41)28-36(57)25-39(59)38(58)21-20-34(55)24-35(56)26-42(61)67-32(3)31(2)45(30)62/h5-16,18-19,30-41,43-48,55-60,62-64,66H,17,20-29,51-52H2,1-4H3,(H2,53,54,65)/b6-5+,9-7+,10-8+,13-11+,14-12+,18-15+,19-16+/t30-,31-,32-,33+,34?,35?,36?,37?,38?,39?,40-,41-,43-,44?,45?,46+,47-,48?,50?/m0/s1. The van der Waals surface area contributed by atoms with Gasteiger partial charge in [0.25, 0.3) is 0 Å². The summed E-state index contributed by atoms with van der Waals surface area (Å²) in [5.41, 5.74) is 11.7. The number of hydrogen-bond donors (Lipinski definition) is 14. The summed E-state index contributed by atoms with van der Waals surface area (Å²) in [4.78, 5) is 25.7. The normalized spacial score (nSPS) is 43.0. The molecule has 70 heavy (non-hydrogen) atoms. The highest BCUT2D eigenvalue weighted by atomic mass is 16.7. The van der Waals surface area contributed by atoms with E-state index in [2.05, 4.69) is 10.6 Å². The summed E-state index contributed by atoms with van der Waals surface area (Å²) in [5.74, 6) is -3.71. The highest BCUT2D eigenvalue weighted by molar-refractivity contribution is 5.74. The lowest BCUT2D eigenvalue weighted by Crippen LogP contribution is -2.64. The monoisotopic (exact) mass is 995 g/mol. The number of allylic oxidation sites excluding steroid dienone is 12. The number of esters is 1. The summed E-state index contributed by atoms with van der Waals surface area (Å²) in [6.07, 6.45) is 5.40. The Morgan fingerprint density at radius 2 is 1.31 bits per heavy atom. The first-order valence-electron chi connectivity index (χ1n) is 24.4. The van der Waals surface area contributed by atoms with Gasteiger partial charge in [-0.05, 0) is 46.1 Å². The molecule has 2 amide bonds.